The minimum atomic E-state index is -3.75. The molecule has 3 heterocycles. The number of fused-ring (bicyclic) bond motifs is 1. The van der Waals surface area contributed by atoms with Crippen molar-refractivity contribution in [3.8, 4) is 0 Å². The fourth-order valence-electron chi connectivity index (χ4n) is 3.82. The van der Waals surface area contributed by atoms with Gasteiger partial charge in [-0.2, -0.15) is 4.31 Å². The summed E-state index contributed by atoms with van der Waals surface area (Å²) in [6.45, 7) is 1.56. The summed E-state index contributed by atoms with van der Waals surface area (Å²) in [5.41, 5.74) is 0.103. The van der Waals surface area contributed by atoms with Crippen LogP contribution < -0.4 is 10.9 Å². The first-order valence-electron chi connectivity index (χ1n) is 10.5. The molecule has 2 N–H and O–H groups in total. The number of carbonyl (C=O) groups is 1. The predicted molar refractivity (Wildman–Crippen MR) is 127 cm³/mol. The van der Waals surface area contributed by atoms with Crippen LogP contribution >= 0.6 is 11.3 Å². The maximum atomic E-state index is 13.1. The Bertz CT molecular complexity index is 1300. The van der Waals surface area contributed by atoms with Crippen molar-refractivity contribution in [1.82, 2.24) is 19.5 Å². The third kappa shape index (κ3) is 5.02. The predicted octanol–water partition coefficient (Wildman–Crippen LogP) is 1.64. The highest BCUT2D eigenvalue weighted by Crippen LogP contribution is 2.25. The molecule has 0 bridgehead atoms. The number of nitrogens with one attached hydrogen (secondary N) is 2. The number of amides is 1. The van der Waals surface area contributed by atoms with Gasteiger partial charge in [-0.05, 0) is 43.7 Å². The first-order chi connectivity index (χ1) is 15.8. The summed E-state index contributed by atoms with van der Waals surface area (Å²) in [6, 6.07) is 9.57. The average Bonchev–Trinajstić information content (AvgIpc) is 3.33. The van der Waals surface area contributed by atoms with Crippen molar-refractivity contribution in [2.45, 2.75) is 10.9 Å². The van der Waals surface area contributed by atoms with E-state index < -0.39 is 21.5 Å². The minimum Gasteiger partial charge on any atom is -0.379 e. The second-order valence-corrected chi connectivity index (χ2v) is 10.9. The highest BCUT2D eigenvalue weighted by molar-refractivity contribution is 7.89. The van der Waals surface area contributed by atoms with Crippen molar-refractivity contribution in [3.63, 3.8) is 0 Å². The number of benzene rings is 1. The van der Waals surface area contributed by atoms with Crippen LogP contribution in [-0.4, -0.2) is 75.5 Å². The van der Waals surface area contributed by atoms with Gasteiger partial charge < -0.3 is 19.9 Å². The number of carbonyl (C=O) groups excluding carboxylic acids is 1. The summed E-state index contributed by atoms with van der Waals surface area (Å²) in [7, 11) is 0.117. The van der Waals surface area contributed by atoms with Gasteiger partial charge in [0.1, 0.15) is 0 Å². The van der Waals surface area contributed by atoms with E-state index in [0.29, 0.717) is 30.7 Å². The summed E-state index contributed by atoms with van der Waals surface area (Å²) in [5, 5.41) is 5.26. The zero-order chi connectivity index (χ0) is 23.6. The molecule has 176 valence electrons. The molecule has 0 unspecified atom stereocenters. The first-order valence-corrected chi connectivity index (χ1v) is 12.8. The molecular weight excluding hydrogens is 464 g/mol. The molecule has 1 atom stereocenters. The normalized spacial score (nSPS) is 16.2. The number of morpholine rings is 1. The molecule has 1 fully saturated rings. The molecule has 9 nitrogen and oxygen atoms in total. The molecule has 33 heavy (non-hydrogen) atoms. The lowest BCUT2D eigenvalue weighted by molar-refractivity contribution is 0.0730. The van der Waals surface area contributed by atoms with Crippen LogP contribution in [0.2, 0.25) is 0 Å². The van der Waals surface area contributed by atoms with Crippen molar-refractivity contribution in [2.24, 2.45) is 0 Å². The summed E-state index contributed by atoms with van der Waals surface area (Å²) < 4.78 is 32.8. The van der Waals surface area contributed by atoms with Crippen molar-refractivity contribution in [1.29, 1.82) is 0 Å². The smallest absolute Gasteiger partial charge is 0.252 e. The number of thiophene rings is 1. The Balaban J connectivity index is 1.66. The molecule has 2 aromatic heterocycles. The van der Waals surface area contributed by atoms with Crippen LogP contribution in [0.15, 0.2) is 51.5 Å². The van der Waals surface area contributed by atoms with E-state index in [-0.39, 0.29) is 29.6 Å². The van der Waals surface area contributed by atoms with Crippen molar-refractivity contribution < 1.29 is 17.9 Å². The maximum absolute atomic E-state index is 13.1. The minimum absolute atomic E-state index is 0.0283. The molecule has 1 amide bonds. The molecule has 11 heteroatoms. The summed E-state index contributed by atoms with van der Waals surface area (Å²) in [6.07, 6.45) is 0. The lowest BCUT2D eigenvalue weighted by Crippen LogP contribution is -2.40. The highest BCUT2D eigenvalue weighted by atomic mass is 32.2. The van der Waals surface area contributed by atoms with E-state index in [4.69, 9.17) is 4.74 Å². The maximum Gasteiger partial charge on any atom is 0.252 e. The van der Waals surface area contributed by atoms with E-state index in [1.165, 1.54) is 28.6 Å². The largest absolute Gasteiger partial charge is 0.379 e. The number of likely N-dealkylation sites (N-methyl/N-ethyl adjacent to an activating group) is 1. The monoisotopic (exact) mass is 490 g/mol. The van der Waals surface area contributed by atoms with Gasteiger partial charge in [-0.3, -0.25) is 9.59 Å². The first kappa shape index (κ1) is 23.6. The van der Waals surface area contributed by atoms with Gasteiger partial charge in [0.25, 0.3) is 5.91 Å². The van der Waals surface area contributed by atoms with Crippen molar-refractivity contribution in [3.05, 3.63) is 62.6 Å². The lowest BCUT2D eigenvalue weighted by Gasteiger charge is -2.26. The second-order valence-electron chi connectivity index (χ2n) is 7.98. The van der Waals surface area contributed by atoms with Crippen LogP contribution in [0.1, 0.15) is 21.3 Å². The van der Waals surface area contributed by atoms with Gasteiger partial charge in [0, 0.05) is 41.5 Å². The molecule has 0 saturated carbocycles. The SMILES string of the molecule is CN(C)[C@H](CNC(=O)c1cc(=O)[nH]c2ccc(S(=O)(=O)N3CCOCC3)cc12)c1cccs1. The zero-order valence-electron chi connectivity index (χ0n) is 18.4. The highest BCUT2D eigenvalue weighted by Gasteiger charge is 2.27. The Morgan fingerprint density at radius 2 is 2.00 bits per heavy atom. The van der Waals surface area contributed by atoms with E-state index in [0.717, 1.165) is 4.88 Å². The topological polar surface area (TPSA) is 112 Å². The Morgan fingerprint density at radius 3 is 2.67 bits per heavy atom. The Hall–Kier alpha value is -2.57. The van der Waals surface area contributed by atoms with Crippen LogP contribution in [0.3, 0.4) is 0 Å². The van der Waals surface area contributed by atoms with Crippen LogP contribution in [0, 0.1) is 0 Å². The van der Waals surface area contributed by atoms with Gasteiger partial charge in [-0.15, -0.1) is 11.3 Å². The zero-order valence-corrected chi connectivity index (χ0v) is 20.0. The van der Waals surface area contributed by atoms with Gasteiger partial charge in [0.2, 0.25) is 15.6 Å². The molecule has 4 rings (SSSR count). The van der Waals surface area contributed by atoms with Crippen LogP contribution in [0.5, 0.6) is 0 Å². The molecule has 1 aliphatic rings. The summed E-state index contributed by atoms with van der Waals surface area (Å²) in [4.78, 5) is 31.2. The number of ether oxygens (including phenoxy) is 1. The standard InChI is InChI=1S/C22H26N4O5S2/c1-25(2)19(20-4-3-11-32-20)14-23-22(28)17-13-21(27)24-18-6-5-15(12-16(17)18)33(29,30)26-7-9-31-10-8-26/h3-6,11-13,19H,7-10,14H2,1-2H3,(H,23,28)(H,24,27)/t19-/m1/s1. The fraction of sp³-hybridized carbons (Fsp3) is 0.364. The third-order valence-corrected chi connectivity index (χ3v) is 8.49. The molecule has 1 aliphatic heterocycles. The van der Waals surface area contributed by atoms with Crippen LogP contribution in [0.25, 0.3) is 10.9 Å². The Labute approximate surface area is 196 Å². The fourth-order valence-corrected chi connectivity index (χ4v) is 6.18. The van der Waals surface area contributed by atoms with E-state index in [1.54, 1.807) is 11.3 Å². The number of aromatic nitrogens is 1. The van der Waals surface area contributed by atoms with E-state index in [2.05, 4.69) is 10.3 Å². The van der Waals surface area contributed by atoms with Crippen molar-refractivity contribution >= 4 is 38.2 Å². The van der Waals surface area contributed by atoms with Gasteiger partial charge >= 0.3 is 0 Å². The number of nitrogens with zero attached hydrogens (tertiary/aromatic N) is 2. The number of sulfonamides is 1. The van der Waals surface area contributed by atoms with Crippen LogP contribution in [0.4, 0.5) is 0 Å². The summed E-state index contributed by atoms with van der Waals surface area (Å²) in [5.74, 6) is -0.435. The molecule has 0 spiro atoms. The van der Waals surface area contributed by atoms with E-state index in [1.807, 2.05) is 36.5 Å². The average molecular weight is 491 g/mol. The quantitative estimate of drug-likeness (QED) is 0.521. The van der Waals surface area contributed by atoms with E-state index in [9.17, 15) is 18.0 Å². The molecular formula is C22H26N4O5S2. The molecule has 1 aromatic carbocycles. The van der Waals surface area contributed by atoms with Gasteiger partial charge in [-0.1, -0.05) is 6.07 Å². The van der Waals surface area contributed by atoms with Crippen LogP contribution in [-0.2, 0) is 14.8 Å². The third-order valence-electron chi connectivity index (χ3n) is 5.62. The Kier molecular flexibility index (Phi) is 6.96. The molecule has 1 saturated heterocycles. The number of hydrogen-bond donors (Lipinski definition) is 2. The number of H-pyrrole nitrogens is 1. The number of hydrogen-bond acceptors (Lipinski definition) is 7. The van der Waals surface area contributed by atoms with Gasteiger partial charge in [0.05, 0.1) is 29.7 Å². The lowest BCUT2D eigenvalue weighted by atomic mass is 10.1. The van der Waals surface area contributed by atoms with Gasteiger partial charge in [0.15, 0.2) is 0 Å². The van der Waals surface area contributed by atoms with Gasteiger partial charge in [-0.25, -0.2) is 8.42 Å². The molecule has 0 aliphatic carbocycles. The summed E-state index contributed by atoms with van der Waals surface area (Å²) >= 11 is 1.60. The number of aromatic amines is 1. The van der Waals surface area contributed by atoms with Crippen molar-refractivity contribution in [2.75, 3.05) is 46.9 Å². The van der Waals surface area contributed by atoms with E-state index >= 15 is 0 Å². The number of pyridine rings is 1. The molecule has 0 radical (unpaired) electrons. The molecule has 3 aromatic rings. The number of rotatable bonds is 7. The Morgan fingerprint density at radius 1 is 1.24 bits per heavy atom. The second kappa shape index (κ2) is 9.74.